The number of hydrogen-bond acceptors (Lipinski definition) is 4. The topological polar surface area (TPSA) is 81.2 Å². The van der Waals surface area contributed by atoms with Crippen molar-refractivity contribution in [1.82, 2.24) is 10.5 Å². The number of carbonyl (C=O) groups is 1. The SMILES string of the molecule is Cc1cc(C(=O)NC2CCCc3cc(N)ccc32)on1.Cl. The second kappa shape index (κ2) is 6.18. The average molecular weight is 308 g/mol. The van der Waals surface area contributed by atoms with Gasteiger partial charge in [-0.05, 0) is 49.4 Å². The summed E-state index contributed by atoms with van der Waals surface area (Å²) in [7, 11) is 0. The van der Waals surface area contributed by atoms with Crippen molar-refractivity contribution >= 4 is 24.0 Å². The summed E-state index contributed by atoms with van der Waals surface area (Å²) < 4.78 is 4.99. The van der Waals surface area contributed by atoms with Crippen molar-refractivity contribution in [1.29, 1.82) is 0 Å². The molecule has 2 aromatic rings. The molecular formula is C15H18ClN3O2. The van der Waals surface area contributed by atoms with Crippen LogP contribution in [0.2, 0.25) is 0 Å². The fourth-order valence-corrected chi connectivity index (χ4v) is 2.68. The molecule has 112 valence electrons. The quantitative estimate of drug-likeness (QED) is 0.836. The van der Waals surface area contributed by atoms with E-state index in [0.717, 1.165) is 30.5 Å². The third-order valence-corrected chi connectivity index (χ3v) is 3.64. The molecule has 0 aliphatic heterocycles. The molecule has 3 rings (SSSR count). The number of nitrogens with one attached hydrogen (secondary N) is 1. The summed E-state index contributed by atoms with van der Waals surface area (Å²) in [6.45, 7) is 1.79. The van der Waals surface area contributed by atoms with Crippen molar-refractivity contribution in [2.75, 3.05) is 5.73 Å². The van der Waals surface area contributed by atoms with Gasteiger partial charge in [0.15, 0.2) is 0 Å². The van der Waals surface area contributed by atoms with Gasteiger partial charge in [0.25, 0.3) is 5.91 Å². The van der Waals surface area contributed by atoms with Crippen LogP contribution < -0.4 is 11.1 Å². The second-order valence-electron chi connectivity index (χ2n) is 5.21. The Labute approximate surface area is 129 Å². The Balaban J connectivity index is 0.00000161. The Morgan fingerprint density at radius 2 is 2.24 bits per heavy atom. The number of nitrogens with two attached hydrogens (primary N) is 1. The minimum Gasteiger partial charge on any atom is -0.399 e. The molecule has 0 saturated heterocycles. The first-order valence-corrected chi connectivity index (χ1v) is 6.76. The van der Waals surface area contributed by atoms with Crippen molar-refractivity contribution in [3.63, 3.8) is 0 Å². The summed E-state index contributed by atoms with van der Waals surface area (Å²) in [4.78, 5) is 12.1. The number of nitrogen functional groups attached to an aromatic ring is 1. The van der Waals surface area contributed by atoms with Crippen LogP contribution in [0.4, 0.5) is 5.69 Å². The first-order chi connectivity index (χ1) is 9.63. The molecule has 0 saturated carbocycles. The molecule has 0 radical (unpaired) electrons. The molecule has 1 aliphatic rings. The lowest BCUT2D eigenvalue weighted by molar-refractivity contribution is 0.0895. The van der Waals surface area contributed by atoms with Crippen molar-refractivity contribution in [2.45, 2.75) is 32.2 Å². The minimum atomic E-state index is -0.222. The van der Waals surface area contributed by atoms with E-state index in [4.69, 9.17) is 10.3 Å². The highest BCUT2D eigenvalue weighted by molar-refractivity contribution is 5.91. The monoisotopic (exact) mass is 307 g/mol. The predicted molar refractivity (Wildman–Crippen MR) is 82.5 cm³/mol. The normalized spacial score (nSPS) is 16.7. The summed E-state index contributed by atoms with van der Waals surface area (Å²) in [6, 6.07) is 7.52. The van der Waals surface area contributed by atoms with Crippen LogP contribution in [-0.2, 0) is 6.42 Å². The van der Waals surface area contributed by atoms with E-state index in [1.807, 2.05) is 18.2 Å². The number of rotatable bonds is 2. The molecule has 1 unspecified atom stereocenters. The summed E-state index contributed by atoms with van der Waals surface area (Å²) in [6.07, 6.45) is 2.97. The van der Waals surface area contributed by atoms with Crippen LogP contribution in [0.3, 0.4) is 0 Å². The van der Waals surface area contributed by atoms with Crippen LogP contribution in [0.1, 0.15) is 46.3 Å². The number of hydrogen-bond donors (Lipinski definition) is 2. The lowest BCUT2D eigenvalue weighted by Gasteiger charge is -2.26. The molecule has 21 heavy (non-hydrogen) atoms. The van der Waals surface area contributed by atoms with Gasteiger partial charge in [-0.1, -0.05) is 11.2 Å². The van der Waals surface area contributed by atoms with Crippen LogP contribution in [-0.4, -0.2) is 11.1 Å². The van der Waals surface area contributed by atoms with E-state index < -0.39 is 0 Å². The second-order valence-corrected chi connectivity index (χ2v) is 5.21. The van der Waals surface area contributed by atoms with Crippen LogP contribution in [0, 0.1) is 6.92 Å². The maximum absolute atomic E-state index is 12.1. The van der Waals surface area contributed by atoms with Crippen LogP contribution in [0.5, 0.6) is 0 Å². The molecule has 0 bridgehead atoms. The highest BCUT2D eigenvalue weighted by Gasteiger charge is 2.23. The zero-order chi connectivity index (χ0) is 14.1. The van der Waals surface area contributed by atoms with Crippen molar-refractivity contribution < 1.29 is 9.32 Å². The lowest BCUT2D eigenvalue weighted by atomic mass is 9.87. The van der Waals surface area contributed by atoms with Gasteiger partial charge in [-0.25, -0.2) is 0 Å². The van der Waals surface area contributed by atoms with Crippen LogP contribution in [0.15, 0.2) is 28.8 Å². The molecule has 1 amide bonds. The smallest absolute Gasteiger partial charge is 0.290 e. The van der Waals surface area contributed by atoms with Crippen LogP contribution >= 0.6 is 12.4 Å². The van der Waals surface area contributed by atoms with E-state index in [1.54, 1.807) is 13.0 Å². The summed E-state index contributed by atoms with van der Waals surface area (Å²) in [5.74, 6) is 0.0327. The third kappa shape index (κ3) is 3.19. The van der Waals surface area contributed by atoms with Gasteiger partial charge in [-0.15, -0.1) is 12.4 Å². The Morgan fingerprint density at radius 3 is 2.95 bits per heavy atom. The van der Waals surface area contributed by atoms with E-state index in [1.165, 1.54) is 5.56 Å². The molecule has 1 atom stereocenters. The standard InChI is InChI=1S/C15H17N3O2.ClH/c1-9-7-14(20-18-9)15(19)17-13-4-2-3-10-8-11(16)5-6-12(10)13;/h5-8,13H,2-4,16H2,1H3,(H,17,19);1H. The highest BCUT2D eigenvalue weighted by atomic mass is 35.5. The zero-order valence-electron chi connectivity index (χ0n) is 11.8. The minimum absolute atomic E-state index is 0. The molecule has 1 aliphatic carbocycles. The van der Waals surface area contributed by atoms with E-state index in [-0.39, 0.29) is 30.1 Å². The largest absolute Gasteiger partial charge is 0.399 e. The Hall–Kier alpha value is -2.01. The van der Waals surface area contributed by atoms with E-state index >= 15 is 0 Å². The summed E-state index contributed by atoms with van der Waals surface area (Å²) >= 11 is 0. The predicted octanol–water partition coefficient (Wildman–Crippen LogP) is 2.79. The van der Waals surface area contributed by atoms with Gasteiger partial charge in [0, 0.05) is 11.8 Å². The Bertz CT molecular complexity index is 654. The van der Waals surface area contributed by atoms with Gasteiger partial charge in [0.2, 0.25) is 5.76 Å². The average Bonchev–Trinajstić information content (AvgIpc) is 2.85. The summed E-state index contributed by atoms with van der Waals surface area (Å²) in [5.41, 5.74) is 9.64. The molecule has 1 heterocycles. The van der Waals surface area contributed by atoms with Gasteiger partial charge < -0.3 is 15.6 Å². The molecule has 1 aromatic heterocycles. The van der Waals surface area contributed by atoms with E-state index in [2.05, 4.69) is 10.5 Å². The first kappa shape index (κ1) is 15.4. The molecule has 1 aromatic carbocycles. The number of aromatic nitrogens is 1. The van der Waals surface area contributed by atoms with E-state index in [9.17, 15) is 4.79 Å². The number of amides is 1. The Kier molecular flexibility index (Phi) is 4.53. The van der Waals surface area contributed by atoms with Crippen molar-refractivity contribution in [3.8, 4) is 0 Å². The molecule has 0 fully saturated rings. The lowest BCUT2D eigenvalue weighted by Crippen LogP contribution is -2.30. The number of halogens is 1. The maximum Gasteiger partial charge on any atom is 0.290 e. The number of aryl methyl sites for hydroxylation is 2. The maximum atomic E-state index is 12.1. The fraction of sp³-hybridized carbons (Fsp3) is 0.333. The van der Waals surface area contributed by atoms with Gasteiger partial charge in [-0.2, -0.15) is 0 Å². The number of nitrogens with zero attached hydrogens (tertiary/aromatic N) is 1. The molecule has 6 heteroatoms. The summed E-state index contributed by atoms with van der Waals surface area (Å²) in [5, 5.41) is 6.74. The van der Waals surface area contributed by atoms with Crippen molar-refractivity contribution in [3.05, 3.63) is 46.8 Å². The molecule has 5 nitrogen and oxygen atoms in total. The fourth-order valence-electron chi connectivity index (χ4n) is 2.68. The number of carbonyl (C=O) groups excluding carboxylic acids is 1. The van der Waals surface area contributed by atoms with Gasteiger partial charge >= 0.3 is 0 Å². The van der Waals surface area contributed by atoms with Gasteiger partial charge in [0.05, 0.1) is 11.7 Å². The Morgan fingerprint density at radius 1 is 1.43 bits per heavy atom. The molecule has 3 N–H and O–H groups in total. The number of anilines is 1. The number of benzene rings is 1. The highest BCUT2D eigenvalue weighted by Crippen LogP contribution is 2.31. The van der Waals surface area contributed by atoms with E-state index in [0.29, 0.717) is 5.69 Å². The van der Waals surface area contributed by atoms with Crippen LogP contribution in [0.25, 0.3) is 0 Å². The molecular weight excluding hydrogens is 290 g/mol. The third-order valence-electron chi connectivity index (χ3n) is 3.64. The number of fused-ring (bicyclic) bond motifs is 1. The molecule has 0 spiro atoms. The van der Waals surface area contributed by atoms with Crippen molar-refractivity contribution in [2.24, 2.45) is 0 Å². The van der Waals surface area contributed by atoms with Gasteiger partial charge in [0.1, 0.15) is 0 Å². The van der Waals surface area contributed by atoms with Gasteiger partial charge in [-0.3, -0.25) is 4.79 Å². The zero-order valence-corrected chi connectivity index (χ0v) is 12.6. The first-order valence-electron chi connectivity index (χ1n) is 6.76.